The van der Waals surface area contributed by atoms with Gasteiger partial charge in [-0.2, -0.15) is 5.10 Å². The van der Waals surface area contributed by atoms with E-state index in [-0.39, 0.29) is 18.2 Å². The highest BCUT2D eigenvalue weighted by molar-refractivity contribution is 5.84. The van der Waals surface area contributed by atoms with Gasteiger partial charge in [0, 0.05) is 12.6 Å². The molecule has 1 fully saturated rings. The zero-order chi connectivity index (χ0) is 16.2. The van der Waals surface area contributed by atoms with E-state index in [1.807, 2.05) is 36.5 Å². The number of carboxylic acids is 1. The number of aryl methyl sites for hydroxylation is 1. The van der Waals surface area contributed by atoms with Gasteiger partial charge >= 0.3 is 5.97 Å². The molecular weight excluding hydrogens is 294 g/mol. The number of hydrogen-bond donors (Lipinski definition) is 2. The maximum atomic E-state index is 11.9. The number of carboxylic acid groups (broad SMARTS) is 1. The van der Waals surface area contributed by atoms with Gasteiger partial charge in [-0.1, -0.05) is 18.2 Å². The van der Waals surface area contributed by atoms with Crippen LogP contribution in [0.4, 0.5) is 0 Å². The van der Waals surface area contributed by atoms with Crippen molar-refractivity contribution in [2.24, 2.45) is 5.92 Å². The van der Waals surface area contributed by atoms with Gasteiger partial charge in [-0.3, -0.25) is 4.79 Å². The van der Waals surface area contributed by atoms with Crippen LogP contribution in [-0.4, -0.2) is 32.8 Å². The fourth-order valence-corrected chi connectivity index (χ4v) is 2.53. The highest BCUT2D eigenvalue weighted by Crippen LogP contribution is 2.32. The molecule has 0 aliphatic heterocycles. The highest BCUT2D eigenvalue weighted by Gasteiger charge is 2.37. The number of nitrogens with zero attached hydrogens (tertiary/aromatic N) is 2. The van der Waals surface area contributed by atoms with Crippen molar-refractivity contribution in [3.05, 3.63) is 48.3 Å². The molecule has 6 heteroatoms. The van der Waals surface area contributed by atoms with Gasteiger partial charge in [-0.25, -0.2) is 9.48 Å². The molecule has 1 aromatic carbocycles. The molecule has 1 heterocycles. The Kier molecular flexibility index (Phi) is 4.41. The Morgan fingerprint density at radius 2 is 2.04 bits per heavy atom. The number of para-hydroxylation sites is 1. The molecule has 1 amide bonds. The highest BCUT2D eigenvalue weighted by atomic mass is 16.4. The van der Waals surface area contributed by atoms with Crippen LogP contribution in [0.1, 0.15) is 24.8 Å². The molecule has 0 radical (unpaired) electrons. The largest absolute Gasteiger partial charge is 0.480 e. The zero-order valence-corrected chi connectivity index (χ0v) is 12.7. The summed E-state index contributed by atoms with van der Waals surface area (Å²) in [4.78, 5) is 23.1. The van der Waals surface area contributed by atoms with Crippen LogP contribution in [0.5, 0.6) is 0 Å². The van der Waals surface area contributed by atoms with Crippen molar-refractivity contribution in [3.8, 4) is 5.69 Å². The number of hydrogen-bond acceptors (Lipinski definition) is 3. The number of amides is 1. The van der Waals surface area contributed by atoms with Crippen LogP contribution in [-0.2, 0) is 16.0 Å². The summed E-state index contributed by atoms with van der Waals surface area (Å²) < 4.78 is 1.76. The van der Waals surface area contributed by atoms with Crippen molar-refractivity contribution in [3.63, 3.8) is 0 Å². The van der Waals surface area contributed by atoms with E-state index in [2.05, 4.69) is 10.4 Å². The van der Waals surface area contributed by atoms with Crippen molar-refractivity contribution >= 4 is 11.9 Å². The molecule has 2 aromatic rings. The van der Waals surface area contributed by atoms with E-state index in [1.165, 1.54) is 0 Å². The first kappa shape index (κ1) is 15.3. The van der Waals surface area contributed by atoms with Crippen molar-refractivity contribution in [1.82, 2.24) is 15.1 Å². The van der Waals surface area contributed by atoms with E-state index in [4.69, 9.17) is 5.11 Å². The molecule has 2 N–H and O–H groups in total. The molecule has 0 bridgehead atoms. The second-order valence-corrected chi connectivity index (χ2v) is 5.85. The third kappa shape index (κ3) is 3.97. The van der Waals surface area contributed by atoms with Crippen LogP contribution in [0.2, 0.25) is 0 Å². The minimum Gasteiger partial charge on any atom is -0.480 e. The fraction of sp³-hybridized carbons (Fsp3) is 0.353. The number of aliphatic carboxylic acids is 1. The molecule has 1 saturated carbocycles. The summed E-state index contributed by atoms with van der Waals surface area (Å²) in [5.41, 5.74) is 1.91. The van der Waals surface area contributed by atoms with E-state index < -0.39 is 12.0 Å². The molecule has 1 aromatic heterocycles. The fourth-order valence-electron chi connectivity index (χ4n) is 2.53. The van der Waals surface area contributed by atoms with Crippen LogP contribution < -0.4 is 5.32 Å². The molecule has 120 valence electrons. The number of carbonyl (C=O) groups excluding carboxylic acids is 1. The minimum absolute atomic E-state index is 0.0947. The summed E-state index contributed by atoms with van der Waals surface area (Å²) in [7, 11) is 0. The minimum atomic E-state index is -0.947. The average molecular weight is 313 g/mol. The van der Waals surface area contributed by atoms with E-state index in [0.717, 1.165) is 24.1 Å². The summed E-state index contributed by atoms with van der Waals surface area (Å²) >= 11 is 0. The normalized spacial score (nSPS) is 15.1. The van der Waals surface area contributed by atoms with Gasteiger partial charge in [0.25, 0.3) is 0 Å². The first-order valence-corrected chi connectivity index (χ1v) is 7.74. The number of rotatable bonds is 7. The Hall–Kier alpha value is -2.63. The van der Waals surface area contributed by atoms with Crippen LogP contribution in [0.25, 0.3) is 5.69 Å². The Bertz CT molecular complexity index is 692. The second-order valence-electron chi connectivity index (χ2n) is 5.85. The molecule has 6 nitrogen and oxygen atoms in total. The van der Waals surface area contributed by atoms with Crippen molar-refractivity contribution < 1.29 is 14.7 Å². The Morgan fingerprint density at radius 1 is 1.30 bits per heavy atom. The topological polar surface area (TPSA) is 84.2 Å². The Morgan fingerprint density at radius 3 is 2.70 bits per heavy atom. The molecule has 1 unspecified atom stereocenters. The lowest BCUT2D eigenvalue weighted by Crippen LogP contribution is -2.42. The van der Waals surface area contributed by atoms with E-state index >= 15 is 0 Å². The van der Waals surface area contributed by atoms with Crippen LogP contribution in [0.15, 0.2) is 42.7 Å². The quantitative estimate of drug-likeness (QED) is 0.816. The lowest BCUT2D eigenvalue weighted by molar-refractivity contribution is -0.142. The summed E-state index contributed by atoms with van der Waals surface area (Å²) in [6.45, 7) is 0. The van der Waals surface area contributed by atoms with E-state index in [1.54, 1.807) is 10.9 Å². The van der Waals surface area contributed by atoms with Gasteiger partial charge < -0.3 is 10.4 Å². The first-order valence-electron chi connectivity index (χ1n) is 7.74. The predicted molar refractivity (Wildman–Crippen MR) is 84.2 cm³/mol. The smallest absolute Gasteiger partial charge is 0.326 e. The monoisotopic (exact) mass is 313 g/mol. The van der Waals surface area contributed by atoms with Gasteiger partial charge in [0.15, 0.2) is 0 Å². The first-order chi connectivity index (χ1) is 11.1. The zero-order valence-electron chi connectivity index (χ0n) is 12.7. The van der Waals surface area contributed by atoms with Crippen molar-refractivity contribution in [2.75, 3.05) is 0 Å². The molecule has 1 aliphatic rings. The van der Waals surface area contributed by atoms with Gasteiger partial charge in [0.1, 0.15) is 6.04 Å². The Labute approximate surface area is 134 Å². The summed E-state index contributed by atoms with van der Waals surface area (Å²) in [6, 6.07) is 8.99. The molecule has 1 atom stereocenters. The van der Waals surface area contributed by atoms with Gasteiger partial charge in [0.05, 0.1) is 11.9 Å². The molecule has 0 saturated heterocycles. The number of benzene rings is 1. The van der Waals surface area contributed by atoms with Crippen molar-refractivity contribution in [1.29, 1.82) is 0 Å². The molecule has 1 aliphatic carbocycles. The molecule has 23 heavy (non-hydrogen) atoms. The summed E-state index contributed by atoms with van der Waals surface area (Å²) in [5.74, 6) is -1.08. The Balaban J connectivity index is 1.53. The number of aromatic nitrogens is 2. The van der Waals surface area contributed by atoms with Crippen LogP contribution >= 0.6 is 0 Å². The molecule has 3 rings (SSSR count). The summed E-state index contributed by atoms with van der Waals surface area (Å²) in [5, 5.41) is 16.0. The molecular formula is C17H19N3O3. The van der Waals surface area contributed by atoms with E-state index in [0.29, 0.717) is 6.42 Å². The van der Waals surface area contributed by atoms with Crippen LogP contribution in [0.3, 0.4) is 0 Å². The third-order valence-corrected chi connectivity index (χ3v) is 3.97. The van der Waals surface area contributed by atoms with Crippen LogP contribution in [0, 0.1) is 5.92 Å². The second kappa shape index (κ2) is 6.64. The van der Waals surface area contributed by atoms with Gasteiger partial charge in [-0.05, 0) is 42.9 Å². The lowest BCUT2D eigenvalue weighted by Gasteiger charge is -2.13. The SMILES string of the molecule is O=C(CCc1cnn(-c2ccccc2)c1)NC(C(=O)O)C1CC1. The number of nitrogens with one attached hydrogen (secondary N) is 1. The molecule has 0 spiro atoms. The third-order valence-electron chi connectivity index (χ3n) is 3.97. The standard InChI is InChI=1S/C17H19N3O3/c21-15(19-16(17(22)23)13-7-8-13)9-6-12-10-18-20(11-12)14-4-2-1-3-5-14/h1-5,10-11,13,16H,6-9H2,(H,19,21)(H,22,23). The maximum Gasteiger partial charge on any atom is 0.326 e. The van der Waals surface area contributed by atoms with E-state index in [9.17, 15) is 9.59 Å². The number of carbonyl (C=O) groups is 2. The predicted octanol–water partition coefficient (Wildman–Crippen LogP) is 1.78. The average Bonchev–Trinajstić information content (AvgIpc) is 3.28. The maximum absolute atomic E-state index is 11.9. The lowest BCUT2D eigenvalue weighted by atomic mass is 10.1. The summed E-state index contributed by atoms with van der Waals surface area (Å²) in [6.07, 6.45) is 6.17. The van der Waals surface area contributed by atoms with Crippen molar-refractivity contribution in [2.45, 2.75) is 31.7 Å². The van der Waals surface area contributed by atoms with Gasteiger partial charge in [-0.15, -0.1) is 0 Å². The van der Waals surface area contributed by atoms with Gasteiger partial charge in [0.2, 0.25) is 5.91 Å².